The second kappa shape index (κ2) is 7.02. The van der Waals surface area contributed by atoms with E-state index in [0.717, 1.165) is 36.0 Å². The molecule has 0 saturated carbocycles. The molecular weight excluding hydrogens is 340 g/mol. The van der Waals surface area contributed by atoms with Gasteiger partial charge < -0.3 is 5.32 Å². The van der Waals surface area contributed by atoms with Crippen LogP contribution in [0.3, 0.4) is 0 Å². The van der Waals surface area contributed by atoms with E-state index in [9.17, 15) is 8.42 Å². The number of rotatable bonds is 5. The smallest absolute Gasteiger partial charge is 0.214 e. The number of sulfonamides is 1. The molecule has 112 valence electrons. The molecule has 0 aromatic heterocycles. The first kappa shape index (κ1) is 15.9. The maximum atomic E-state index is 12.4. The summed E-state index contributed by atoms with van der Waals surface area (Å²) in [6, 6.07) is 7.73. The van der Waals surface area contributed by atoms with Gasteiger partial charge in [-0.05, 0) is 43.5 Å². The monoisotopic (exact) mass is 360 g/mol. The molecule has 0 unspecified atom stereocenters. The van der Waals surface area contributed by atoms with Crippen molar-refractivity contribution in [2.75, 3.05) is 25.9 Å². The zero-order valence-corrected chi connectivity index (χ0v) is 14.1. The van der Waals surface area contributed by atoms with E-state index in [4.69, 9.17) is 0 Å². The number of hydrogen-bond acceptors (Lipinski definition) is 3. The van der Waals surface area contributed by atoms with Crippen LogP contribution in [-0.4, -0.2) is 38.6 Å². The van der Waals surface area contributed by atoms with Crippen LogP contribution in [0.2, 0.25) is 0 Å². The van der Waals surface area contributed by atoms with Crippen LogP contribution in [-0.2, 0) is 16.6 Å². The number of hydrogen-bond donors (Lipinski definition) is 1. The van der Waals surface area contributed by atoms with Gasteiger partial charge in [0.15, 0.2) is 0 Å². The minimum atomic E-state index is -3.19. The van der Waals surface area contributed by atoms with Crippen LogP contribution in [0.15, 0.2) is 28.7 Å². The molecule has 0 atom stereocenters. The lowest BCUT2D eigenvalue weighted by atomic mass is 10.0. The van der Waals surface area contributed by atoms with Gasteiger partial charge in [0.05, 0.1) is 5.75 Å². The van der Waals surface area contributed by atoms with Crippen molar-refractivity contribution in [3.8, 4) is 0 Å². The zero-order valence-electron chi connectivity index (χ0n) is 11.7. The Hall–Kier alpha value is -0.430. The van der Waals surface area contributed by atoms with Crippen molar-refractivity contribution in [2.45, 2.75) is 19.4 Å². The summed E-state index contributed by atoms with van der Waals surface area (Å²) >= 11 is 3.46. The topological polar surface area (TPSA) is 49.4 Å². The van der Waals surface area contributed by atoms with Crippen LogP contribution in [0.25, 0.3) is 0 Å². The Morgan fingerprint density at radius 2 is 1.95 bits per heavy atom. The van der Waals surface area contributed by atoms with Gasteiger partial charge in [0.2, 0.25) is 10.0 Å². The molecule has 20 heavy (non-hydrogen) atoms. The lowest BCUT2D eigenvalue weighted by molar-refractivity contribution is 0.388. The molecule has 1 heterocycles. The molecule has 0 aliphatic carbocycles. The Balaban J connectivity index is 1.99. The van der Waals surface area contributed by atoms with Gasteiger partial charge in [-0.15, -0.1) is 0 Å². The van der Waals surface area contributed by atoms with Crippen LogP contribution in [0, 0.1) is 5.92 Å². The van der Waals surface area contributed by atoms with Crippen molar-refractivity contribution < 1.29 is 8.42 Å². The minimum absolute atomic E-state index is 0.260. The SMILES string of the molecule is CN(Cc1ccccc1Br)S(=O)(=O)CC1CCNCC1. The number of piperidine rings is 1. The molecular formula is C14H21BrN2O2S. The van der Waals surface area contributed by atoms with Gasteiger partial charge in [-0.3, -0.25) is 0 Å². The number of nitrogens with zero attached hydrogens (tertiary/aromatic N) is 1. The molecule has 1 aliphatic rings. The third-order valence-corrected chi connectivity index (χ3v) is 6.48. The first-order valence-electron chi connectivity index (χ1n) is 6.87. The van der Waals surface area contributed by atoms with Crippen molar-refractivity contribution in [1.29, 1.82) is 0 Å². The second-order valence-corrected chi connectivity index (χ2v) is 8.29. The lowest BCUT2D eigenvalue weighted by Gasteiger charge is -2.25. The van der Waals surface area contributed by atoms with Crippen molar-refractivity contribution >= 4 is 26.0 Å². The standard InChI is InChI=1S/C14H21BrN2O2S/c1-17(10-13-4-2-3-5-14(13)15)20(18,19)11-12-6-8-16-9-7-12/h2-5,12,16H,6-11H2,1H3. The average Bonchev–Trinajstić information content (AvgIpc) is 2.42. The summed E-state index contributed by atoms with van der Waals surface area (Å²) in [5.41, 5.74) is 0.990. The third-order valence-electron chi connectivity index (χ3n) is 3.73. The van der Waals surface area contributed by atoms with Gasteiger partial charge in [-0.1, -0.05) is 34.1 Å². The molecule has 1 aromatic carbocycles. The van der Waals surface area contributed by atoms with Gasteiger partial charge in [0.1, 0.15) is 0 Å². The number of halogens is 1. The predicted molar refractivity (Wildman–Crippen MR) is 85.0 cm³/mol. The average molecular weight is 361 g/mol. The molecule has 1 N–H and O–H groups in total. The van der Waals surface area contributed by atoms with Crippen molar-refractivity contribution in [3.63, 3.8) is 0 Å². The number of benzene rings is 1. The largest absolute Gasteiger partial charge is 0.317 e. The van der Waals surface area contributed by atoms with Gasteiger partial charge in [-0.25, -0.2) is 12.7 Å². The Morgan fingerprint density at radius 1 is 1.30 bits per heavy atom. The molecule has 4 nitrogen and oxygen atoms in total. The van der Waals surface area contributed by atoms with Crippen LogP contribution in [0.1, 0.15) is 18.4 Å². The van der Waals surface area contributed by atoms with Crippen LogP contribution < -0.4 is 5.32 Å². The summed E-state index contributed by atoms with van der Waals surface area (Å²) in [5.74, 6) is 0.540. The minimum Gasteiger partial charge on any atom is -0.317 e. The van der Waals surface area contributed by atoms with Gasteiger partial charge in [0, 0.05) is 18.1 Å². The highest BCUT2D eigenvalue weighted by molar-refractivity contribution is 9.10. The van der Waals surface area contributed by atoms with E-state index in [-0.39, 0.29) is 11.7 Å². The third kappa shape index (κ3) is 4.28. The Labute approximate surface area is 129 Å². The first-order chi connectivity index (χ1) is 9.49. The fourth-order valence-electron chi connectivity index (χ4n) is 2.44. The van der Waals surface area contributed by atoms with E-state index < -0.39 is 10.0 Å². The van der Waals surface area contributed by atoms with E-state index in [1.165, 1.54) is 4.31 Å². The van der Waals surface area contributed by atoms with Crippen molar-refractivity contribution in [2.24, 2.45) is 5.92 Å². The van der Waals surface area contributed by atoms with E-state index >= 15 is 0 Å². The molecule has 2 rings (SSSR count). The Kier molecular flexibility index (Phi) is 5.60. The summed E-state index contributed by atoms with van der Waals surface area (Å²) in [6.07, 6.45) is 1.89. The highest BCUT2D eigenvalue weighted by Crippen LogP contribution is 2.21. The van der Waals surface area contributed by atoms with E-state index in [2.05, 4.69) is 21.2 Å². The van der Waals surface area contributed by atoms with E-state index in [1.807, 2.05) is 24.3 Å². The van der Waals surface area contributed by atoms with E-state index in [0.29, 0.717) is 6.54 Å². The first-order valence-corrected chi connectivity index (χ1v) is 9.27. The zero-order chi connectivity index (χ0) is 14.6. The molecule has 0 radical (unpaired) electrons. The maximum absolute atomic E-state index is 12.4. The predicted octanol–water partition coefficient (Wildman–Crippen LogP) is 2.21. The highest BCUT2D eigenvalue weighted by atomic mass is 79.9. The lowest BCUT2D eigenvalue weighted by Crippen LogP contribution is -2.36. The summed E-state index contributed by atoms with van der Waals surface area (Å²) < 4.78 is 27.2. The van der Waals surface area contributed by atoms with Gasteiger partial charge in [-0.2, -0.15) is 0 Å². The summed E-state index contributed by atoms with van der Waals surface area (Å²) in [5, 5.41) is 3.26. The van der Waals surface area contributed by atoms with Crippen LogP contribution in [0.5, 0.6) is 0 Å². The summed E-state index contributed by atoms with van der Waals surface area (Å²) in [6.45, 7) is 2.26. The molecule has 1 aromatic rings. The van der Waals surface area contributed by atoms with Crippen LogP contribution >= 0.6 is 15.9 Å². The van der Waals surface area contributed by atoms with Crippen LogP contribution in [0.4, 0.5) is 0 Å². The second-order valence-electron chi connectivity index (χ2n) is 5.32. The van der Waals surface area contributed by atoms with Crippen molar-refractivity contribution in [1.82, 2.24) is 9.62 Å². The summed E-state index contributed by atoms with van der Waals surface area (Å²) in [4.78, 5) is 0. The summed E-state index contributed by atoms with van der Waals surface area (Å²) in [7, 11) is -1.53. The highest BCUT2D eigenvalue weighted by Gasteiger charge is 2.25. The molecule has 1 aliphatic heterocycles. The fourth-order valence-corrected chi connectivity index (χ4v) is 4.37. The molecule has 1 fully saturated rings. The van der Waals surface area contributed by atoms with Crippen molar-refractivity contribution in [3.05, 3.63) is 34.3 Å². The molecule has 0 amide bonds. The number of nitrogens with one attached hydrogen (secondary N) is 1. The Bertz CT molecular complexity index is 542. The molecule has 1 saturated heterocycles. The maximum Gasteiger partial charge on any atom is 0.214 e. The molecule has 6 heteroatoms. The van der Waals surface area contributed by atoms with Gasteiger partial charge >= 0.3 is 0 Å². The molecule has 0 spiro atoms. The quantitative estimate of drug-likeness (QED) is 0.875. The Morgan fingerprint density at radius 3 is 2.60 bits per heavy atom. The normalized spacial score (nSPS) is 17.6. The van der Waals surface area contributed by atoms with Gasteiger partial charge in [0.25, 0.3) is 0 Å². The fraction of sp³-hybridized carbons (Fsp3) is 0.571. The van der Waals surface area contributed by atoms with E-state index in [1.54, 1.807) is 7.05 Å². The molecule has 0 bridgehead atoms.